The van der Waals surface area contributed by atoms with Crippen molar-refractivity contribution in [2.45, 2.75) is 32.7 Å². The van der Waals surface area contributed by atoms with Gasteiger partial charge in [0.2, 0.25) is 5.95 Å². The predicted octanol–water partition coefficient (Wildman–Crippen LogP) is 2.00. The highest BCUT2D eigenvalue weighted by molar-refractivity contribution is 5.27. The first kappa shape index (κ1) is 8.48. The zero-order valence-corrected chi connectivity index (χ0v) is 8.12. The van der Waals surface area contributed by atoms with Crippen LogP contribution < -0.4 is 5.32 Å². The molecule has 3 heteroatoms. The molecule has 0 atom stereocenters. The van der Waals surface area contributed by atoms with Crippen LogP contribution >= 0.6 is 0 Å². The van der Waals surface area contributed by atoms with Crippen molar-refractivity contribution in [3.63, 3.8) is 0 Å². The molecular weight excluding hydrogens is 162 g/mol. The van der Waals surface area contributed by atoms with Crippen LogP contribution in [0.15, 0.2) is 12.4 Å². The van der Waals surface area contributed by atoms with Gasteiger partial charge in [-0.05, 0) is 31.2 Å². The van der Waals surface area contributed by atoms with E-state index in [0.717, 1.165) is 17.4 Å². The molecule has 2 rings (SSSR count). The smallest absolute Gasteiger partial charge is 0.222 e. The summed E-state index contributed by atoms with van der Waals surface area (Å²) in [6, 6.07) is 0.595. The van der Waals surface area contributed by atoms with Crippen LogP contribution in [-0.2, 0) is 0 Å². The Kier molecular flexibility index (Phi) is 2.17. The third-order valence-electron chi connectivity index (χ3n) is 2.49. The van der Waals surface area contributed by atoms with Crippen molar-refractivity contribution in [2.75, 3.05) is 5.32 Å². The van der Waals surface area contributed by atoms with Gasteiger partial charge >= 0.3 is 0 Å². The van der Waals surface area contributed by atoms with Gasteiger partial charge in [-0.1, -0.05) is 6.92 Å². The fourth-order valence-electron chi connectivity index (χ4n) is 1.67. The Morgan fingerprint density at radius 1 is 1.31 bits per heavy atom. The van der Waals surface area contributed by atoms with Gasteiger partial charge in [-0.15, -0.1) is 0 Å². The molecule has 1 N–H and O–H groups in total. The molecule has 0 saturated heterocycles. The molecule has 1 fully saturated rings. The van der Waals surface area contributed by atoms with Gasteiger partial charge in [0.05, 0.1) is 0 Å². The summed E-state index contributed by atoms with van der Waals surface area (Å²) in [5, 5.41) is 3.31. The van der Waals surface area contributed by atoms with Gasteiger partial charge in [0, 0.05) is 18.4 Å². The first-order valence-electron chi connectivity index (χ1n) is 4.79. The molecule has 0 bridgehead atoms. The number of nitrogens with zero attached hydrogens (tertiary/aromatic N) is 2. The molecule has 0 aromatic carbocycles. The van der Waals surface area contributed by atoms with E-state index in [1.54, 1.807) is 0 Å². The Morgan fingerprint density at radius 2 is 1.92 bits per heavy atom. The van der Waals surface area contributed by atoms with Crippen molar-refractivity contribution in [1.82, 2.24) is 9.97 Å². The maximum absolute atomic E-state index is 4.20. The number of nitrogens with one attached hydrogen (secondary N) is 1. The molecule has 1 saturated carbocycles. The SMILES string of the molecule is Cc1cnc(NC2CC(C)C2)nc1. The van der Waals surface area contributed by atoms with E-state index in [4.69, 9.17) is 0 Å². The zero-order valence-electron chi connectivity index (χ0n) is 8.12. The minimum atomic E-state index is 0.595. The zero-order chi connectivity index (χ0) is 9.26. The van der Waals surface area contributed by atoms with Crippen molar-refractivity contribution >= 4 is 5.95 Å². The highest BCUT2D eigenvalue weighted by Crippen LogP contribution is 2.28. The summed E-state index contributed by atoms with van der Waals surface area (Å²) in [6.07, 6.45) is 6.18. The molecule has 13 heavy (non-hydrogen) atoms. The highest BCUT2D eigenvalue weighted by atomic mass is 15.1. The summed E-state index contributed by atoms with van der Waals surface area (Å²) in [4.78, 5) is 8.41. The average Bonchev–Trinajstić information content (AvgIpc) is 2.06. The van der Waals surface area contributed by atoms with E-state index < -0.39 is 0 Å². The van der Waals surface area contributed by atoms with Crippen LogP contribution in [0.25, 0.3) is 0 Å². The number of hydrogen-bond donors (Lipinski definition) is 1. The molecule has 1 aliphatic rings. The minimum absolute atomic E-state index is 0.595. The Balaban J connectivity index is 1.91. The third-order valence-corrected chi connectivity index (χ3v) is 2.49. The maximum Gasteiger partial charge on any atom is 0.222 e. The van der Waals surface area contributed by atoms with E-state index in [9.17, 15) is 0 Å². The fourth-order valence-corrected chi connectivity index (χ4v) is 1.67. The van der Waals surface area contributed by atoms with E-state index in [-0.39, 0.29) is 0 Å². The van der Waals surface area contributed by atoms with E-state index in [2.05, 4.69) is 22.2 Å². The standard InChI is InChI=1S/C10H15N3/c1-7-3-9(4-7)13-10-11-5-8(2)6-12-10/h5-7,9H,3-4H2,1-2H3,(H,11,12,13). The number of hydrogen-bond acceptors (Lipinski definition) is 3. The van der Waals surface area contributed by atoms with Crippen molar-refractivity contribution in [3.05, 3.63) is 18.0 Å². The molecule has 1 aliphatic carbocycles. The quantitative estimate of drug-likeness (QED) is 0.750. The van der Waals surface area contributed by atoms with E-state index in [0.29, 0.717) is 6.04 Å². The van der Waals surface area contributed by atoms with Crippen LogP contribution in [-0.4, -0.2) is 16.0 Å². The minimum Gasteiger partial charge on any atom is -0.351 e. The molecule has 0 spiro atoms. The third kappa shape index (κ3) is 1.97. The van der Waals surface area contributed by atoms with E-state index >= 15 is 0 Å². The van der Waals surface area contributed by atoms with Crippen molar-refractivity contribution < 1.29 is 0 Å². The number of anilines is 1. The Morgan fingerprint density at radius 3 is 2.46 bits per heavy atom. The molecule has 0 unspecified atom stereocenters. The second-order valence-electron chi connectivity index (χ2n) is 4.00. The summed E-state index contributed by atoms with van der Waals surface area (Å²) in [6.45, 7) is 4.27. The second kappa shape index (κ2) is 3.32. The summed E-state index contributed by atoms with van der Waals surface area (Å²) < 4.78 is 0. The summed E-state index contributed by atoms with van der Waals surface area (Å²) >= 11 is 0. The van der Waals surface area contributed by atoms with Crippen LogP contribution in [0.1, 0.15) is 25.3 Å². The fraction of sp³-hybridized carbons (Fsp3) is 0.600. The van der Waals surface area contributed by atoms with E-state index in [1.807, 2.05) is 19.3 Å². The largest absolute Gasteiger partial charge is 0.351 e. The van der Waals surface area contributed by atoms with E-state index in [1.165, 1.54) is 12.8 Å². The molecule has 70 valence electrons. The molecule has 0 aliphatic heterocycles. The number of aromatic nitrogens is 2. The molecular formula is C10H15N3. The molecule has 1 aromatic rings. The van der Waals surface area contributed by atoms with Gasteiger partial charge in [-0.25, -0.2) is 9.97 Å². The van der Waals surface area contributed by atoms with Crippen LogP contribution in [0.5, 0.6) is 0 Å². The van der Waals surface area contributed by atoms with Crippen molar-refractivity contribution in [1.29, 1.82) is 0 Å². The van der Waals surface area contributed by atoms with Crippen LogP contribution in [0.2, 0.25) is 0 Å². The topological polar surface area (TPSA) is 37.8 Å². The lowest BCUT2D eigenvalue weighted by Crippen LogP contribution is -2.34. The first-order chi connectivity index (χ1) is 6.24. The molecule has 1 heterocycles. The summed E-state index contributed by atoms with van der Waals surface area (Å²) in [5.74, 6) is 1.63. The van der Waals surface area contributed by atoms with Gasteiger partial charge in [-0.2, -0.15) is 0 Å². The maximum atomic E-state index is 4.20. The predicted molar refractivity (Wildman–Crippen MR) is 52.6 cm³/mol. The lowest BCUT2D eigenvalue weighted by molar-refractivity contribution is 0.308. The van der Waals surface area contributed by atoms with Crippen LogP contribution in [0.3, 0.4) is 0 Å². The van der Waals surface area contributed by atoms with Gasteiger partial charge in [0.1, 0.15) is 0 Å². The van der Waals surface area contributed by atoms with Gasteiger partial charge in [0.25, 0.3) is 0 Å². The monoisotopic (exact) mass is 177 g/mol. The van der Waals surface area contributed by atoms with Gasteiger partial charge in [0.15, 0.2) is 0 Å². The first-order valence-corrected chi connectivity index (χ1v) is 4.79. The van der Waals surface area contributed by atoms with Crippen molar-refractivity contribution in [2.24, 2.45) is 5.92 Å². The van der Waals surface area contributed by atoms with Gasteiger partial charge < -0.3 is 5.32 Å². The lowest BCUT2D eigenvalue weighted by Gasteiger charge is -2.33. The Labute approximate surface area is 78.6 Å². The number of aryl methyl sites for hydroxylation is 1. The van der Waals surface area contributed by atoms with Gasteiger partial charge in [-0.3, -0.25) is 0 Å². The van der Waals surface area contributed by atoms with Crippen LogP contribution in [0.4, 0.5) is 5.95 Å². The average molecular weight is 177 g/mol. The lowest BCUT2D eigenvalue weighted by atomic mass is 9.82. The Hall–Kier alpha value is -1.12. The molecule has 1 aromatic heterocycles. The number of rotatable bonds is 2. The molecule has 3 nitrogen and oxygen atoms in total. The molecule has 0 amide bonds. The van der Waals surface area contributed by atoms with Crippen LogP contribution in [0, 0.1) is 12.8 Å². The second-order valence-corrected chi connectivity index (χ2v) is 4.00. The van der Waals surface area contributed by atoms with Crippen molar-refractivity contribution in [3.8, 4) is 0 Å². The molecule has 0 radical (unpaired) electrons. The summed E-state index contributed by atoms with van der Waals surface area (Å²) in [5.41, 5.74) is 1.10. The highest BCUT2D eigenvalue weighted by Gasteiger charge is 2.25. The normalized spacial score (nSPS) is 26.6. The summed E-state index contributed by atoms with van der Waals surface area (Å²) in [7, 11) is 0. The Bertz CT molecular complexity index is 275.